The number of piperazine rings is 1. The lowest BCUT2D eigenvalue weighted by atomic mass is 10.1. The molecule has 2 heterocycles. The van der Waals surface area contributed by atoms with Crippen molar-refractivity contribution >= 4 is 12.2 Å². The Balaban J connectivity index is 1.87. The molecule has 1 aromatic carbocycles. The first kappa shape index (κ1) is 14.1. The topological polar surface area (TPSA) is 61.5 Å². The van der Waals surface area contributed by atoms with Gasteiger partial charge in [0, 0.05) is 5.56 Å². The highest BCUT2D eigenvalue weighted by molar-refractivity contribution is 5.66. The van der Waals surface area contributed by atoms with Crippen LogP contribution < -0.4 is 9.88 Å². The summed E-state index contributed by atoms with van der Waals surface area (Å²) < 4.78 is 0. The quantitative estimate of drug-likeness (QED) is 0.802. The fourth-order valence-electron chi connectivity index (χ4n) is 2.68. The summed E-state index contributed by atoms with van der Waals surface area (Å²) in [5, 5.41) is 9.46. The Labute approximate surface area is 129 Å². The van der Waals surface area contributed by atoms with Crippen LogP contribution in [0.3, 0.4) is 0 Å². The second-order valence-electron chi connectivity index (χ2n) is 5.26. The molecule has 110 valence electrons. The highest BCUT2D eigenvalue weighted by Gasteiger charge is 2.25. The zero-order valence-corrected chi connectivity index (χ0v) is 12.2. The lowest BCUT2D eigenvalue weighted by Gasteiger charge is -2.28. The molecule has 0 spiro atoms. The third kappa shape index (κ3) is 2.77. The molecule has 1 saturated heterocycles. The molecule has 0 radical (unpaired) electrons. The van der Waals surface area contributed by atoms with E-state index in [1.165, 1.54) is 0 Å². The van der Waals surface area contributed by atoms with Gasteiger partial charge in [0.05, 0.1) is 19.3 Å². The predicted octanol–water partition coefficient (Wildman–Crippen LogP) is 1.32. The molecular weight excluding hydrogens is 276 g/mol. The van der Waals surface area contributed by atoms with Gasteiger partial charge in [0.1, 0.15) is 24.7 Å². The summed E-state index contributed by atoms with van der Waals surface area (Å²) in [5.74, 6) is 0.827. The normalized spacial score (nSPS) is 14.5. The van der Waals surface area contributed by atoms with E-state index >= 15 is 0 Å². The summed E-state index contributed by atoms with van der Waals surface area (Å²) in [5.41, 5.74) is 2.70. The Morgan fingerprint density at radius 2 is 1.82 bits per heavy atom. The van der Waals surface area contributed by atoms with Crippen LogP contribution >= 0.6 is 0 Å². The highest BCUT2D eigenvalue weighted by Crippen LogP contribution is 2.22. The smallest absolute Gasteiger partial charge is 0.292 e. The van der Waals surface area contributed by atoms with Gasteiger partial charge in [-0.15, -0.1) is 0 Å². The molecule has 1 N–H and O–H groups in total. The molecule has 0 unspecified atom stereocenters. The Hall–Kier alpha value is -2.87. The van der Waals surface area contributed by atoms with Crippen molar-refractivity contribution in [3.05, 3.63) is 48.2 Å². The summed E-state index contributed by atoms with van der Waals surface area (Å²) >= 11 is 0. The van der Waals surface area contributed by atoms with Gasteiger partial charge < -0.3 is 4.90 Å². The van der Waals surface area contributed by atoms with Gasteiger partial charge in [-0.2, -0.15) is 5.26 Å². The van der Waals surface area contributed by atoms with Crippen molar-refractivity contribution in [2.24, 2.45) is 0 Å². The molecule has 3 rings (SSSR count). The number of hydrogen-bond acceptors (Lipinski definition) is 3. The Morgan fingerprint density at radius 3 is 2.45 bits per heavy atom. The van der Waals surface area contributed by atoms with E-state index in [-0.39, 0.29) is 0 Å². The summed E-state index contributed by atoms with van der Waals surface area (Å²) in [6.07, 6.45) is 2.81. The zero-order valence-electron chi connectivity index (χ0n) is 12.2. The number of pyridine rings is 1. The molecule has 22 heavy (non-hydrogen) atoms. The van der Waals surface area contributed by atoms with Crippen LogP contribution in [-0.2, 0) is 4.79 Å². The number of nitriles is 1. The monoisotopic (exact) mass is 293 g/mol. The van der Waals surface area contributed by atoms with Gasteiger partial charge >= 0.3 is 0 Å². The van der Waals surface area contributed by atoms with Gasteiger partial charge in [0.2, 0.25) is 6.41 Å². The molecule has 2 aromatic rings. The molecule has 1 fully saturated rings. The van der Waals surface area contributed by atoms with Crippen molar-refractivity contribution in [3.63, 3.8) is 0 Å². The lowest BCUT2D eigenvalue weighted by molar-refractivity contribution is -0.363. The number of benzene rings is 1. The first-order chi connectivity index (χ1) is 10.8. The second-order valence-corrected chi connectivity index (χ2v) is 5.26. The van der Waals surface area contributed by atoms with Crippen LogP contribution in [0.2, 0.25) is 0 Å². The van der Waals surface area contributed by atoms with Gasteiger partial charge in [0.25, 0.3) is 5.82 Å². The lowest BCUT2D eigenvalue weighted by Crippen LogP contribution is -2.47. The first-order valence-corrected chi connectivity index (χ1v) is 7.27. The predicted molar refractivity (Wildman–Crippen MR) is 83.0 cm³/mol. The van der Waals surface area contributed by atoms with Crippen LogP contribution in [-0.4, -0.2) is 37.5 Å². The molecule has 1 aliphatic rings. The molecule has 0 aliphatic carbocycles. The molecule has 5 heteroatoms. The number of carbonyl (C=O) groups is 1. The SMILES string of the molecule is N#Cc1cc(-c2ccccc2)c[nH+]c1N1CCN(C=O)CC1. The number of amides is 1. The van der Waals surface area contributed by atoms with Crippen molar-refractivity contribution in [1.82, 2.24) is 4.90 Å². The summed E-state index contributed by atoms with van der Waals surface area (Å²) in [4.78, 5) is 17.9. The summed E-state index contributed by atoms with van der Waals surface area (Å²) in [7, 11) is 0. The average Bonchev–Trinajstić information content (AvgIpc) is 2.62. The van der Waals surface area contributed by atoms with E-state index in [0.29, 0.717) is 18.7 Å². The van der Waals surface area contributed by atoms with Crippen LogP contribution in [0.4, 0.5) is 5.82 Å². The first-order valence-electron chi connectivity index (χ1n) is 7.27. The number of rotatable bonds is 3. The van der Waals surface area contributed by atoms with Gasteiger partial charge in [-0.25, -0.2) is 4.98 Å². The van der Waals surface area contributed by atoms with E-state index in [9.17, 15) is 10.1 Å². The fraction of sp³-hybridized carbons (Fsp3) is 0.235. The van der Waals surface area contributed by atoms with Crippen molar-refractivity contribution in [1.29, 1.82) is 5.26 Å². The van der Waals surface area contributed by atoms with Crippen LogP contribution in [0.1, 0.15) is 5.56 Å². The van der Waals surface area contributed by atoms with Crippen molar-refractivity contribution in [3.8, 4) is 17.2 Å². The Morgan fingerprint density at radius 1 is 1.09 bits per heavy atom. The minimum absolute atomic E-state index is 0.626. The molecule has 0 bridgehead atoms. The molecule has 5 nitrogen and oxygen atoms in total. The number of H-pyrrole nitrogens is 1. The van der Waals surface area contributed by atoms with Crippen LogP contribution in [0, 0.1) is 11.3 Å². The van der Waals surface area contributed by atoms with Crippen molar-refractivity contribution < 1.29 is 9.78 Å². The number of carbonyl (C=O) groups excluding carboxylic acids is 1. The average molecular weight is 293 g/mol. The number of aromatic amines is 1. The number of anilines is 1. The molecule has 1 aliphatic heterocycles. The number of nitrogens with zero attached hydrogens (tertiary/aromatic N) is 3. The standard InChI is InChI=1S/C17H16N4O/c18-11-15-10-16(14-4-2-1-3-5-14)12-19-17(15)21-8-6-20(13-22)7-9-21/h1-5,10,12-13H,6-9H2/p+1. The van der Waals surface area contributed by atoms with Crippen LogP contribution in [0.5, 0.6) is 0 Å². The number of hydrogen-bond donors (Lipinski definition) is 0. The van der Waals surface area contributed by atoms with E-state index in [4.69, 9.17) is 0 Å². The molecular formula is C17H17N4O+. The van der Waals surface area contributed by atoms with E-state index < -0.39 is 0 Å². The largest absolute Gasteiger partial charge is 0.337 e. The Bertz CT molecular complexity index is 700. The summed E-state index contributed by atoms with van der Waals surface area (Å²) in [6.45, 7) is 2.83. The van der Waals surface area contributed by atoms with Gasteiger partial charge in [-0.05, 0) is 11.6 Å². The fourth-order valence-corrected chi connectivity index (χ4v) is 2.68. The van der Waals surface area contributed by atoms with Crippen LogP contribution in [0.15, 0.2) is 42.6 Å². The van der Waals surface area contributed by atoms with Crippen LogP contribution in [0.25, 0.3) is 11.1 Å². The maximum Gasteiger partial charge on any atom is 0.292 e. The highest BCUT2D eigenvalue weighted by atomic mass is 16.1. The molecule has 0 atom stereocenters. The Kier molecular flexibility index (Phi) is 4.01. The minimum atomic E-state index is 0.626. The van der Waals surface area contributed by atoms with E-state index in [1.807, 2.05) is 42.6 Å². The van der Waals surface area contributed by atoms with Gasteiger partial charge in [0.15, 0.2) is 0 Å². The van der Waals surface area contributed by atoms with E-state index in [1.54, 1.807) is 4.90 Å². The third-order valence-corrected chi connectivity index (χ3v) is 3.93. The van der Waals surface area contributed by atoms with Gasteiger partial charge in [-0.3, -0.25) is 9.69 Å². The molecule has 1 amide bonds. The summed E-state index contributed by atoms with van der Waals surface area (Å²) in [6, 6.07) is 14.2. The van der Waals surface area contributed by atoms with E-state index in [2.05, 4.69) is 16.0 Å². The minimum Gasteiger partial charge on any atom is -0.337 e. The van der Waals surface area contributed by atoms with Gasteiger partial charge in [-0.1, -0.05) is 30.3 Å². The maximum atomic E-state index is 10.8. The molecule has 0 saturated carbocycles. The third-order valence-electron chi connectivity index (χ3n) is 3.93. The number of aromatic nitrogens is 1. The van der Waals surface area contributed by atoms with E-state index in [0.717, 1.165) is 36.4 Å². The molecule has 1 aromatic heterocycles. The van der Waals surface area contributed by atoms with Crippen molar-refractivity contribution in [2.75, 3.05) is 31.1 Å². The maximum absolute atomic E-state index is 10.8. The second kappa shape index (κ2) is 6.27. The zero-order chi connectivity index (χ0) is 15.4. The number of nitrogens with one attached hydrogen (secondary N) is 1. The van der Waals surface area contributed by atoms with Crippen molar-refractivity contribution in [2.45, 2.75) is 0 Å².